The summed E-state index contributed by atoms with van der Waals surface area (Å²) in [4.78, 5) is 20.6. The first-order chi connectivity index (χ1) is 12.9. The Labute approximate surface area is 176 Å². The Morgan fingerprint density at radius 1 is 1.30 bits per heavy atom. The zero-order valence-corrected chi connectivity index (χ0v) is 18.6. The first-order valence-electron chi connectivity index (χ1n) is 8.20. The number of hydrogen-bond donors (Lipinski definition) is 1. The average molecular weight is 500 g/mol. The van der Waals surface area contributed by atoms with Crippen molar-refractivity contribution in [2.75, 3.05) is 19.5 Å². The highest BCUT2D eigenvalue weighted by atomic mass is 127. The maximum atomic E-state index is 12.0. The van der Waals surface area contributed by atoms with Crippen molar-refractivity contribution in [2.45, 2.75) is 25.9 Å². The molecule has 0 fully saturated rings. The van der Waals surface area contributed by atoms with E-state index in [-0.39, 0.29) is 11.7 Å². The Bertz CT molecular complexity index is 825. The third-order valence-corrected chi connectivity index (χ3v) is 4.88. The molecule has 1 heterocycles. The van der Waals surface area contributed by atoms with E-state index in [4.69, 9.17) is 9.47 Å². The van der Waals surface area contributed by atoms with Gasteiger partial charge in [-0.05, 0) is 67.1 Å². The van der Waals surface area contributed by atoms with Crippen LogP contribution in [0.25, 0.3) is 0 Å². The quantitative estimate of drug-likeness (QED) is 0.197. The Morgan fingerprint density at radius 2 is 2.00 bits per heavy atom. The molecule has 1 amide bonds. The van der Waals surface area contributed by atoms with Gasteiger partial charge in [-0.2, -0.15) is 5.10 Å². The first-order valence-corrected chi connectivity index (χ1v) is 10.3. The largest absolute Gasteiger partial charge is 0.492 e. The monoisotopic (exact) mass is 500 g/mol. The lowest BCUT2D eigenvalue weighted by Gasteiger charge is -2.11. The molecule has 1 aromatic carbocycles. The van der Waals surface area contributed by atoms with Gasteiger partial charge in [0.2, 0.25) is 0 Å². The number of hydrazone groups is 1. The topological polar surface area (TPSA) is 85.7 Å². The third kappa shape index (κ3) is 6.65. The summed E-state index contributed by atoms with van der Waals surface area (Å²) < 4.78 is 11.8. The standard InChI is InChI=1S/C18H21IN4O3S/c1-5-26-15-8-13(7-14(19)17(15)25-4)9-20-23-16(24)10-27-18-21-11(2)6-12(3)22-18/h6-9H,5,10H2,1-4H3,(H,23,24)/b20-9-. The molecule has 0 spiro atoms. The summed E-state index contributed by atoms with van der Waals surface area (Å²) in [6.45, 7) is 6.23. The zero-order chi connectivity index (χ0) is 19.8. The van der Waals surface area contributed by atoms with Gasteiger partial charge in [-0.15, -0.1) is 0 Å². The number of rotatable bonds is 8. The lowest BCUT2D eigenvalue weighted by Crippen LogP contribution is -2.19. The van der Waals surface area contributed by atoms with Crippen LogP contribution in [0.1, 0.15) is 23.9 Å². The van der Waals surface area contributed by atoms with Crippen LogP contribution in [0, 0.1) is 17.4 Å². The van der Waals surface area contributed by atoms with E-state index in [9.17, 15) is 4.79 Å². The van der Waals surface area contributed by atoms with E-state index in [1.807, 2.05) is 39.0 Å². The Balaban J connectivity index is 1.95. The number of carbonyl (C=O) groups excluding carboxylic acids is 1. The van der Waals surface area contributed by atoms with Gasteiger partial charge in [0.05, 0.1) is 29.3 Å². The van der Waals surface area contributed by atoms with E-state index in [0.29, 0.717) is 23.3 Å². The van der Waals surface area contributed by atoms with E-state index >= 15 is 0 Å². The number of aryl methyl sites for hydroxylation is 2. The summed E-state index contributed by atoms with van der Waals surface area (Å²) in [6, 6.07) is 5.61. The van der Waals surface area contributed by atoms with Crippen molar-refractivity contribution in [3.8, 4) is 11.5 Å². The molecule has 0 saturated carbocycles. The van der Waals surface area contributed by atoms with Crippen LogP contribution in [-0.4, -0.2) is 41.6 Å². The number of aromatic nitrogens is 2. The highest BCUT2D eigenvalue weighted by Gasteiger charge is 2.10. The van der Waals surface area contributed by atoms with Gasteiger partial charge in [-0.25, -0.2) is 15.4 Å². The zero-order valence-electron chi connectivity index (χ0n) is 15.6. The number of methoxy groups -OCH3 is 1. The van der Waals surface area contributed by atoms with Crippen LogP contribution in [-0.2, 0) is 4.79 Å². The van der Waals surface area contributed by atoms with Gasteiger partial charge in [0, 0.05) is 11.4 Å². The number of thioether (sulfide) groups is 1. The van der Waals surface area contributed by atoms with Crippen LogP contribution >= 0.6 is 34.4 Å². The summed E-state index contributed by atoms with van der Waals surface area (Å²) in [6.07, 6.45) is 1.57. The minimum absolute atomic E-state index is 0.185. The van der Waals surface area contributed by atoms with Gasteiger partial charge in [0.25, 0.3) is 5.91 Å². The summed E-state index contributed by atoms with van der Waals surface area (Å²) in [7, 11) is 1.60. The van der Waals surface area contributed by atoms with Crippen molar-refractivity contribution in [2.24, 2.45) is 5.10 Å². The molecule has 27 heavy (non-hydrogen) atoms. The number of carbonyl (C=O) groups is 1. The fourth-order valence-corrected chi connectivity index (χ4v) is 3.81. The van der Waals surface area contributed by atoms with Gasteiger partial charge in [0.15, 0.2) is 16.7 Å². The van der Waals surface area contributed by atoms with Crippen LogP contribution in [0.3, 0.4) is 0 Å². The van der Waals surface area contributed by atoms with Crippen LogP contribution in [0.4, 0.5) is 0 Å². The number of hydrogen-bond acceptors (Lipinski definition) is 7. The van der Waals surface area contributed by atoms with E-state index in [0.717, 1.165) is 20.5 Å². The Morgan fingerprint density at radius 3 is 2.63 bits per heavy atom. The van der Waals surface area contributed by atoms with Crippen molar-refractivity contribution in [1.29, 1.82) is 0 Å². The van der Waals surface area contributed by atoms with Crippen LogP contribution < -0.4 is 14.9 Å². The molecule has 1 aromatic heterocycles. The predicted octanol–water partition coefficient (Wildman–Crippen LogP) is 3.35. The van der Waals surface area contributed by atoms with E-state index in [1.165, 1.54) is 11.8 Å². The van der Waals surface area contributed by atoms with Gasteiger partial charge in [0.1, 0.15) is 0 Å². The summed E-state index contributed by atoms with van der Waals surface area (Å²) in [5, 5.41) is 4.59. The maximum Gasteiger partial charge on any atom is 0.250 e. The molecular formula is C18H21IN4O3S. The molecule has 7 nitrogen and oxygen atoms in total. The normalized spacial score (nSPS) is 10.9. The molecule has 0 radical (unpaired) electrons. The first kappa shape index (κ1) is 21.4. The Hall–Kier alpha value is -1.88. The van der Waals surface area contributed by atoms with Crippen LogP contribution in [0.2, 0.25) is 0 Å². The molecule has 0 atom stereocenters. The molecule has 0 aliphatic heterocycles. The number of nitrogens with one attached hydrogen (secondary N) is 1. The molecule has 0 aliphatic carbocycles. The van der Waals surface area contributed by atoms with E-state index < -0.39 is 0 Å². The number of halogens is 1. The minimum Gasteiger partial charge on any atom is -0.492 e. The molecule has 1 N–H and O–H groups in total. The highest BCUT2D eigenvalue weighted by Crippen LogP contribution is 2.33. The fraction of sp³-hybridized carbons (Fsp3) is 0.333. The molecule has 9 heteroatoms. The molecule has 2 aromatic rings. The smallest absolute Gasteiger partial charge is 0.250 e. The number of ether oxygens (including phenoxy) is 2. The lowest BCUT2D eigenvalue weighted by atomic mass is 10.2. The molecule has 0 unspecified atom stereocenters. The second-order valence-corrected chi connectivity index (χ2v) is 7.59. The van der Waals surface area contributed by atoms with E-state index in [2.05, 4.69) is 43.1 Å². The van der Waals surface area contributed by atoms with Gasteiger partial charge in [-0.1, -0.05) is 11.8 Å². The van der Waals surface area contributed by atoms with Crippen LogP contribution in [0.15, 0.2) is 28.5 Å². The summed E-state index contributed by atoms with van der Waals surface area (Å²) in [5.41, 5.74) is 5.06. The Kier molecular flexibility index (Phi) is 8.29. The second kappa shape index (κ2) is 10.5. The average Bonchev–Trinajstić information content (AvgIpc) is 2.59. The fourth-order valence-electron chi connectivity index (χ4n) is 2.22. The van der Waals surface area contributed by atoms with Gasteiger partial charge >= 0.3 is 0 Å². The second-order valence-electron chi connectivity index (χ2n) is 5.48. The van der Waals surface area contributed by atoms with Crippen molar-refractivity contribution in [1.82, 2.24) is 15.4 Å². The maximum absolute atomic E-state index is 12.0. The predicted molar refractivity (Wildman–Crippen MR) is 115 cm³/mol. The van der Waals surface area contributed by atoms with E-state index in [1.54, 1.807) is 13.3 Å². The number of amides is 1. The van der Waals surface area contributed by atoms with Crippen LogP contribution in [0.5, 0.6) is 11.5 Å². The third-order valence-electron chi connectivity index (χ3n) is 3.23. The van der Waals surface area contributed by atoms with Crippen molar-refractivity contribution < 1.29 is 14.3 Å². The summed E-state index contributed by atoms with van der Waals surface area (Å²) >= 11 is 3.44. The summed E-state index contributed by atoms with van der Waals surface area (Å²) in [5.74, 6) is 1.28. The number of nitrogens with zero attached hydrogens (tertiary/aromatic N) is 3. The SMILES string of the molecule is CCOc1cc(/C=N\NC(=O)CSc2nc(C)cc(C)n2)cc(I)c1OC. The van der Waals surface area contributed by atoms with Crippen molar-refractivity contribution in [3.63, 3.8) is 0 Å². The highest BCUT2D eigenvalue weighted by molar-refractivity contribution is 14.1. The van der Waals surface area contributed by atoms with Crippen molar-refractivity contribution >= 4 is 46.5 Å². The molecule has 144 valence electrons. The molecule has 0 saturated heterocycles. The minimum atomic E-state index is -0.229. The molecule has 2 rings (SSSR count). The lowest BCUT2D eigenvalue weighted by molar-refractivity contribution is -0.118. The molecule has 0 aliphatic rings. The number of benzene rings is 1. The van der Waals surface area contributed by atoms with Gasteiger partial charge in [-0.3, -0.25) is 4.79 Å². The van der Waals surface area contributed by atoms with Crippen molar-refractivity contribution in [3.05, 3.63) is 38.7 Å². The molecule has 0 bridgehead atoms. The molecular weight excluding hydrogens is 479 g/mol. The van der Waals surface area contributed by atoms with Gasteiger partial charge < -0.3 is 9.47 Å².